The van der Waals surface area contributed by atoms with Gasteiger partial charge in [-0.2, -0.15) is 0 Å². The first-order chi connectivity index (χ1) is 9.69. The molecule has 0 spiro atoms. The van der Waals surface area contributed by atoms with Gasteiger partial charge >= 0.3 is 0 Å². The van der Waals surface area contributed by atoms with Crippen LogP contribution in [0.25, 0.3) is 10.9 Å². The number of anilines is 1. The number of nitrogens with zero attached hydrogens (tertiary/aromatic N) is 1. The quantitative estimate of drug-likeness (QED) is 0.736. The maximum atomic E-state index is 5.88. The van der Waals surface area contributed by atoms with E-state index in [2.05, 4.69) is 42.0 Å². The van der Waals surface area contributed by atoms with E-state index in [1.807, 2.05) is 18.2 Å². The zero-order valence-corrected chi connectivity index (χ0v) is 11.8. The third-order valence-electron chi connectivity index (χ3n) is 3.68. The lowest BCUT2D eigenvalue weighted by atomic mass is 10.1. The van der Waals surface area contributed by atoms with Crippen LogP contribution in [0.1, 0.15) is 11.1 Å². The Balaban J connectivity index is 2.06. The summed E-state index contributed by atoms with van der Waals surface area (Å²) in [4.78, 5) is 0. The average molecular weight is 266 g/mol. The van der Waals surface area contributed by atoms with Crippen LogP contribution in [-0.4, -0.2) is 11.7 Å². The first-order valence-electron chi connectivity index (χ1n) is 6.66. The summed E-state index contributed by atoms with van der Waals surface area (Å²) in [5.41, 5.74) is 10.3. The van der Waals surface area contributed by atoms with Gasteiger partial charge in [0, 0.05) is 28.4 Å². The Morgan fingerprint density at radius 2 is 2.00 bits per heavy atom. The van der Waals surface area contributed by atoms with Crippen LogP contribution in [0.15, 0.2) is 48.7 Å². The van der Waals surface area contributed by atoms with Gasteiger partial charge in [0.05, 0.1) is 13.7 Å². The molecule has 102 valence electrons. The molecule has 0 aliphatic heterocycles. The highest BCUT2D eigenvalue weighted by Gasteiger charge is 2.07. The van der Waals surface area contributed by atoms with Gasteiger partial charge in [0.25, 0.3) is 0 Å². The molecule has 2 aromatic carbocycles. The molecule has 0 aliphatic rings. The summed E-state index contributed by atoms with van der Waals surface area (Å²) < 4.78 is 7.64. The van der Waals surface area contributed by atoms with Crippen LogP contribution in [0.3, 0.4) is 0 Å². The van der Waals surface area contributed by atoms with Gasteiger partial charge in [-0.1, -0.05) is 12.1 Å². The Bertz CT molecular complexity index is 759. The van der Waals surface area contributed by atoms with Crippen molar-refractivity contribution in [1.29, 1.82) is 0 Å². The number of aromatic nitrogens is 1. The van der Waals surface area contributed by atoms with Crippen LogP contribution < -0.4 is 10.5 Å². The third kappa shape index (κ3) is 2.11. The van der Waals surface area contributed by atoms with E-state index in [9.17, 15) is 0 Å². The summed E-state index contributed by atoms with van der Waals surface area (Å²) in [6, 6.07) is 14.3. The van der Waals surface area contributed by atoms with Crippen LogP contribution in [0, 0.1) is 6.92 Å². The lowest BCUT2D eigenvalue weighted by Gasteiger charge is -2.11. The predicted octanol–water partition coefficient (Wildman–Crippen LogP) is 3.59. The van der Waals surface area contributed by atoms with Crippen molar-refractivity contribution in [1.82, 2.24) is 4.57 Å². The lowest BCUT2D eigenvalue weighted by Crippen LogP contribution is -2.01. The minimum Gasteiger partial charge on any atom is -0.496 e. The molecule has 0 saturated heterocycles. The van der Waals surface area contributed by atoms with E-state index in [1.54, 1.807) is 7.11 Å². The highest BCUT2D eigenvalue weighted by molar-refractivity contribution is 5.83. The average Bonchev–Trinajstić information content (AvgIpc) is 2.84. The Labute approximate surface area is 118 Å². The van der Waals surface area contributed by atoms with Gasteiger partial charge < -0.3 is 15.0 Å². The van der Waals surface area contributed by atoms with Crippen molar-refractivity contribution in [2.24, 2.45) is 0 Å². The van der Waals surface area contributed by atoms with Crippen LogP contribution in [0.5, 0.6) is 5.75 Å². The molecule has 0 saturated carbocycles. The van der Waals surface area contributed by atoms with Gasteiger partial charge in [0.1, 0.15) is 5.75 Å². The molecule has 1 heterocycles. The fraction of sp³-hybridized carbons (Fsp3) is 0.176. The number of fused-ring (bicyclic) bond motifs is 1. The zero-order chi connectivity index (χ0) is 14.1. The molecule has 3 nitrogen and oxygen atoms in total. The molecule has 1 aromatic heterocycles. The van der Waals surface area contributed by atoms with Crippen molar-refractivity contribution in [2.45, 2.75) is 13.5 Å². The number of benzene rings is 2. The van der Waals surface area contributed by atoms with E-state index in [1.165, 1.54) is 16.5 Å². The van der Waals surface area contributed by atoms with E-state index in [0.29, 0.717) is 0 Å². The van der Waals surface area contributed by atoms with Gasteiger partial charge in [-0.25, -0.2) is 0 Å². The number of nitrogen functional groups attached to an aromatic ring is 1. The topological polar surface area (TPSA) is 40.2 Å². The number of methoxy groups -OCH3 is 1. The van der Waals surface area contributed by atoms with Crippen molar-refractivity contribution in [2.75, 3.05) is 12.8 Å². The molecule has 3 rings (SSSR count). The Morgan fingerprint density at radius 1 is 1.15 bits per heavy atom. The van der Waals surface area contributed by atoms with Gasteiger partial charge in [0.15, 0.2) is 0 Å². The molecule has 0 radical (unpaired) electrons. The van der Waals surface area contributed by atoms with E-state index < -0.39 is 0 Å². The van der Waals surface area contributed by atoms with Crippen molar-refractivity contribution in [3.8, 4) is 5.75 Å². The second-order valence-corrected chi connectivity index (χ2v) is 5.02. The third-order valence-corrected chi connectivity index (χ3v) is 3.68. The zero-order valence-electron chi connectivity index (χ0n) is 11.8. The van der Waals surface area contributed by atoms with Gasteiger partial charge in [-0.15, -0.1) is 0 Å². The highest BCUT2D eigenvalue weighted by atomic mass is 16.5. The molecule has 0 atom stereocenters. The molecule has 20 heavy (non-hydrogen) atoms. The van der Waals surface area contributed by atoms with E-state index in [0.717, 1.165) is 23.5 Å². The number of ether oxygens (including phenoxy) is 1. The number of aryl methyl sites for hydroxylation is 1. The predicted molar refractivity (Wildman–Crippen MR) is 83.2 cm³/mol. The van der Waals surface area contributed by atoms with Crippen molar-refractivity contribution in [3.63, 3.8) is 0 Å². The second-order valence-electron chi connectivity index (χ2n) is 5.02. The maximum absolute atomic E-state index is 5.88. The standard InChI is InChI=1S/C17H18N2O/c1-12-4-3-5-16-15(12)8-9-19(16)11-13-10-14(18)6-7-17(13)20-2/h3-10H,11,18H2,1-2H3. The van der Waals surface area contributed by atoms with Crippen LogP contribution in [0.2, 0.25) is 0 Å². The van der Waals surface area contributed by atoms with Gasteiger partial charge in [-0.3, -0.25) is 0 Å². The van der Waals surface area contributed by atoms with E-state index in [4.69, 9.17) is 10.5 Å². The van der Waals surface area contributed by atoms with Gasteiger partial charge in [0.2, 0.25) is 0 Å². The molecular formula is C17H18N2O. The molecule has 0 aliphatic carbocycles. The Morgan fingerprint density at radius 3 is 2.80 bits per heavy atom. The SMILES string of the molecule is COc1ccc(N)cc1Cn1ccc2c(C)cccc21. The monoisotopic (exact) mass is 266 g/mol. The molecule has 3 aromatic rings. The number of hydrogen-bond acceptors (Lipinski definition) is 2. The number of nitrogens with two attached hydrogens (primary N) is 1. The highest BCUT2D eigenvalue weighted by Crippen LogP contribution is 2.25. The fourth-order valence-corrected chi connectivity index (χ4v) is 2.62. The summed E-state index contributed by atoms with van der Waals surface area (Å²) in [5, 5.41) is 1.29. The summed E-state index contributed by atoms with van der Waals surface area (Å²) in [6.07, 6.45) is 2.11. The van der Waals surface area contributed by atoms with Crippen molar-refractivity contribution >= 4 is 16.6 Å². The molecular weight excluding hydrogens is 248 g/mol. The van der Waals surface area contributed by atoms with Crippen LogP contribution >= 0.6 is 0 Å². The summed E-state index contributed by atoms with van der Waals surface area (Å²) in [5.74, 6) is 0.869. The summed E-state index contributed by atoms with van der Waals surface area (Å²) in [6.45, 7) is 2.88. The summed E-state index contributed by atoms with van der Waals surface area (Å²) in [7, 11) is 1.69. The fourth-order valence-electron chi connectivity index (χ4n) is 2.62. The Hall–Kier alpha value is -2.42. The van der Waals surface area contributed by atoms with Crippen LogP contribution in [0.4, 0.5) is 5.69 Å². The molecule has 0 fully saturated rings. The minimum absolute atomic E-state index is 0.751. The van der Waals surface area contributed by atoms with Crippen LogP contribution in [-0.2, 0) is 6.54 Å². The molecule has 2 N–H and O–H groups in total. The maximum Gasteiger partial charge on any atom is 0.124 e. The Kier molecular flexibility index (Phi) is 3.11. The first kappa shape index (κ1) is 12.6. The molecule has 0 bridgehead atoms. The number of hydrogen-bond donors (Lipinski definition) is 1. The lowest BCUT2D eigenvalue weighted by molar-refractivity contribution is 0.408. The van der Waals surface area contributed by atoms with E-state index >= 15 is 0 Å². The minimum atomic E-state index is 0.751. The van der Waals surface area contributed by atoms with Crippen molar-refractivity contribution in [3.05, 3.63) is 59.8 Å². The number of rotatable bonds is 3. The normalized spacial score (nSPS) is 10.9. The van der Waals surface area contributed by atoms with Crippen molar-refractivity contribution < 1.29 is 4.74 Å². The molecule has 3 heteroatoms. The van der Waals surface area contributed by atoms with E-state index in [-0.39, 0.29) is 0 Å². The summed E-state index contributed by atoms with van der Waals surface area (Å²) >= 11 is 0. The second kappa shape index (κ2) is 4.93. The van der Waals surface area contributed by atoms with Gasteiger partial charge in [-0.05, 0) is 42.8 Å². The smallest absolute Gasteiger partial charge is 0.124 e. The first-order valence-corrected chi connectivity index (χ1v) is 6.66. The molecule has 0 unspecified atom stereocenters. The molecule has 0 amide bonds. The largest absolute Gasteiger partial charge is 0.496 e.